The molecule has 3 heterocycles. The van der Waals surface area contributed by atoms with Crippen LogP contribution in [0.3, 0.4) is 0 Å². The Morgan fingerprint density at radius 1 is 1.48 bits per heavy atom. The number of piperidine rings is 1. The highest BCUT2D eigenvalue weighted by Gasteiger charge is 2.41. The Bertz CT molecular complexity index is 526. The fraction of sp³-hybridized carbons (Fsp3) is 0.667. The average molecular weight is 317 g/mol. The highest BCUT2D eigenvalue weighted by atomic mass is 16.5. The Morgan fingerprint density at radius 3 is 2.91 bits per heavy atom. The molecule has 1 unspecified atom stereocenters. The van der Waals surface area contributed by atoms with Gasteiger partial charge < -0.3 is 9.64 Å². The molecule has 0 N–H and O–H groups in total. The zero-order valence-corrected chi connectivity index (χ0v) is 14.2. The van der Waals surface area contributed by atoms with Gasteiger partial charge in [-0.3, -0.25) is 14.7 Å². The second-order valence-corrected chi connectivity index (χ2v) is 6.95. The van der Waals surface area contributed by atoms with E-state index in [9.17, 15) is 4.79 Å². The summed E-state index contributed by atoms with van der Waals surface area (Å²) in [4.78, 5) is 20.2. The number of nitrogens with zero attached hydrogens (tertiary/aromatic N) is 3. The number of rotatable bonds is 3. The first-order valence-corrected chi connectivity index (χ1v) is 8.57. The molecular weight excluding hydrogens is 290 g/mol. The van der Waals surface area contributed by atoms with Crippen LogP contribution in [-0.4, -0.2) is 59.1 Å². The van der Waals surface area contributed by atoms with E-state index in [1.54, 1.807) is 6.92 Å². The molecular formula is C18H27N3O2. The summed E-state index contributed by atoms with van der Waals surface area (Å²) < 4.78 is 6.19. The van der Waals surface area contributed by atoms with Crippen molar-refractivity contribution in [1.29, 1.82) is 0 Å². The molecule has 1 aromatic rings. The van der Waals surface area contributed by atoms with Gasteiger partial charge in [0.1, 0.15) is 0 Å². The summed E-state index contributed by atoms with van der Waals surface area (Å²) in [5.41, 5.74) is 1.24. The quantitative estimate of drug-likeness (QED) is 0.856. The van der Waals surface area contributed by atoms with Crippen LogP contribution < -0.4 is 0 Å². The van der Waals surface area contributed by atoms with Gasteiger partial charge in [0.15, 0.2) is 0 Å². The molecule has 0 aliphatic carbocycles. The van der Waals surface area contributed by atoms with Gasteiger partial charge in [-0.05, 0) is 37.3 Å². The van der Waals surface area contributed by atoms with Crippen LogP contribution >= 0.6 is 0 Å². The lowest BCUT2D eigenvalue weighted by Crippen LogP contribution is -2.53. The molecule has 1 aromatic heterocycles. The first kappa shape index (κ1) is 16.4. The molecule has 2 aliphatic heterocycles. The number of carbonyl (C=O) groups excluding carboxylic acids is 1. The molecule has 0 radical (unpaired) electrons. The van der Waals surface area contributed by atoms with Gasteiger partial charge in [0.25, 0.3) is 0 Å². The minimum Gasteiger partial charge on any atom is -0.375 e. The van der Waals surface area contributed by atoms with Crippen LogP contribution in [0.2, 0.25) is 0 Å². The Morgan fingerprint density at radius 2 is 2.26 bits per heavy atom. The van der Waals surface area contributed by atoms with E-state index in [1.165, 1.54) is 5.56 Å². The second kappa shape index (κ2) is 6.97. The first-order chi connectivity index (χ1) is 11.1. The maximum atomic E-state index is 11.6. The summed E-state index contributed by atoms with van der Waals surface area (Å²) in [6.45, 7) is 5.47. The Balaban J connectivity index is 1.56. The first-order valence-electron chi connectivity index (χ1n) is 8.57. The number of ether oxygens (including phenoxy) is 1. The molecule has 1 spiro atoms. The van der Waals surface area contributed by atoms with E-state index >= 15 is 0 Å². The molecule has 0 saturated carbocycles. The Labute approximate surface area is 138 Å². The fourth-order valence-corrected chi connectivity index (χ4v) is 3.81. The third kappa shape index (κ3) is 3.90. The van der Waals surface area contributed by atoms with Gasteiger partial charge in [0, 0.05) is 58.6 Å². The lowest BCUT2D eigenvalue weighted by molar-refractivity contribution is -0.146. The van der Waals surface area contributed by atoms with Crippen molar-refractivity contribution in [2.24, 2.45) is 0 Å². The van der Waals surface area contributed by atoms with E-state index < -0.39 is 0 Å². The zero-order chi connectivity index (χ0) is 16.3. The molecule has 2 aliphatic rings. The summed E-state index contributed by atoms with van der Waals surface area (Å²) in [7, 11) is 1.92. The lowest BCUT2D eigenvalue weighted by atomic mass is 9.82. The van der Waals surface area contributed by atoms with Crippen molar-refractivity contribution in [1.82, 2.24) is 14.8 Å². The monoisotopic (exact) mass is 317 g/mol. The van der Waals surface area contributed by atoms with E-state index in [2.05, 4.69) is 16.0 Å². The van der Waals surface area contributed by atoms with Crippen molar-refractivity contribution in [2.45, 2.75) is 50.8 Å². The largest absolute Gasteiger partial charge is 0.375 e. The van der Waals surface area contributed by atoms with Crippen molar-refractivity contribution >= 4 is 5.91 Å². The summed E-state index contributed by atoms with van der Waals surface area (Å²) in [5.74, 6) is 0.154. The van der Waals surface area contributed by atoms with Crippen molar-refractivity contribution in [2.75, 3.05) is 26.7 Å². The predicted molar refractivity (Wildman–Crippen MR) is 88.9 cm³/mol. The van der Waals surface area contributed by atoms with Crippen LogP contribution in [0.1, 0.15) is 38.2 Å². The standard InChI is InChI=1S/C18H27N3O2/c1-15(22)20(2)17-5-11-23-18(12-17)6-9-21(10-7-18)14-16-4-3-8-19-13-16/h3-4,8,13,17H,5-7,9-12,14H2,1-2H3. The minimum atomic E-state index is -0.0297. The van der Waals surface area contributed by atoms with Gasteiger partial charge in [0.05, 0.1) is 5.60 Å². The van der Waals surface area contributed by atoms with E-state index in [0.29, 0.717) is 6.04 Å². The molecule has 0 bridgehead atoms. The number of aromatic nitrogens is 1. The zero-order valence-electron chi connectivity index (χ0n) is 14.2. The number of hydrogen-bond acceptors (Lipinski definition) is 4. The molecule has 3 rings (SSSR count). The maximum Gasteiger partial charge on any atom is 0.219 e. The number of hydrogen-bond donors (Lipinski definition) is 0. The van der Waals surface area contributed by atoms with Crippen LogP contribution in [0.5, 0.6) is 0 Å². The highest BCUT2D eigenvalue weighted by molar-refractivity contribution is 5.73. The van der Waals surface area contributed by atoms with Crippen molar-refractivity contribution < 1.29 is 9.53 Å². The number of likely N-dealkylation sites (tertiary alicyclic amines) is 1. The minimum absolute atomic E-state index is 0.0297. The molecule has 1 amide bonds. The second-order valence-electron chi connectivity index (χ2n) is 6.95. The van der Waals surface area contributed by atoms with E-state index in [0.717, 1.165) is 51.9 Å². The Hall–Kier alpha value is -1.46. The molecule has 5 heteroatoms. The molecule has 0 aromatic carbocycles. The van der Waals surface area contributed by atoms with E-state index in [4.69, 9.17) is 4.74 Å². The fourth-order valence-electron chi connectivity index (χ4n) is 3.81. The topological polar surface area (TPSA) is 45.7 Å². The molecule has 2 fully saturated rings. The molecule has 126 valence electrons. The highest BCUT2D eigenvalue weighted by Crippen LogP contribution is 2.36. The number of pyridine rings is 1. The summed E-state index contributed by atoms with van der Waals surface area (Å²) >= 11 is 0. The van der Waals surface area contributed by atoms with Crippen LogP contribution in [-0.2, 0) is 16.1 Å². The van der Waals surface area contributed by atoms with E-state index in [-0.39, 0.29) is 11.5 Å². The van der Waals surface area contributed by atoms with Gasteiger partial charge in [-0.1, -0.05) is 6.07 Å². The number of amides is 1. The lowest BCUT2D eigenvalue weighted by Gasteiger charge is -2.47. The van der Waals surface area contributed by atoms with Gasteiger partial charge >= 0.3 is 0 Å². The SMILES string of the molecule is CC(=O)N(C)C1CCOC2(CCN(Cc3cccnc3)CC2)C1. The smallest absolute Gasteiger partial charge is 0.219 e. The third-order valence-corrected chi connectivity index (χ3v) is 5.41. The normalized spacial score (nSPS) is 24.5. The van der Waals surface area contributed by atoms with Crippen molar-refractivity contribution in [3.63, 3.8) is 0 Å². The molecule has 5 nitrogen and oxygen atoms in total. The van der Waals surface area contributed by atoms with Gasteiger partial charge in [-0.25, -0.2) is 0 Å². The van der Waals surface area contributed by atoms with Gasteiger partial charge in [-0.15, -0.1) is 0 Å². The third-order valence-electron chi connectivity index (χ3n) is 5.41. The van der Waals surface area contributed by atoms with Crippen LogP contribution in [0.15, 0.2) is 24.5 Å². The Kier molecular flexibility index (Phi) is 4.97. The van der Waals surface area contributed by atoms with Crippen LogP contribution in [0.25, 0.3) is 0 Å². The van der Waals surface area contributed by atoms with E-state index in [1.807, 2.05) is 30.4 Å². The number of carbonyl (C=O) groups is 1. The average Bonchev–Trinajstić information content (AvgIpc) is 2.57. The van der Waals surface area contributed by atoms with Crippen LogP contribution in [0, 0.1) is 0 Å². The predicted octanol–water partition coefficient (Wildman–Crippen LogP) is 2.07. The van der Waals surface area contributed by atoms with Crippen molar-refractivity contribution in [3.8, 4) is 0 Å². The molecule has 23 heavy (non-hydrogen) atoms. The van der Waals surface area contributed by atoms with Crippen LogP contribution in [0.4, 0.5) is 0 Å². The molecule has 2 saturated heterocycles. The maximum absolute atomic E-state index is 11.6. The summed E-state index contributed by atoms with van der Waals surface area (Å²) in [6, 6.07) is 4.45. The van der Waals surface area contributed by atoms with Gasteiger partial charge in [0.2, 0.25) is 5.91 Å². The summed E-state index contributed by atoms with van der Waals surface area (Å²) in [6.07, 6.45) is 7.79. The molecule has 1 atom stereocenters. The van der Waals surface area contributed by atoms with Gasteiger partial charge in [-0.2, -0.15) is 0 Å². The van der Waals surface area contributed by atoms with Crippen molar-refractivity contribution in [3.05, 3.63) is 30.1 Å². The summed E-state index contributed by atoms with van der Waals surface area (Å²) in [5, 5.41) is 0.